The first kappa shape index (κ1) is 34.8. The van der Waals surface area contributed by atoms with Crippen LogP contribution in [0.25, 0.3) is 0 Å². The number of hydrogen-bond acceptors (Lipinski definition) is 5. The number of rotatable bonds is 6. The standard InChI is InChI=1S/C23H37N3O4.C11H13NO.C2H6/c1-23(2,3)30-22(29)24-19(15-7-5-4-6-8-15)21(28)26-14-12-17-18(26)11-13-25(17)20(27)16-9-10-16;13-8-12-11-7-3-5-9-4-1-2-6-10(9)11;1-2/h15-19H,4-14H2,1-3H3,(H,24,29);1-2,4,6,8,11H,3,5,7H2,(H,12,13);1-2H3. The lowest BCUT2D eigenvalue weighted by Crippen LogP contribution is -2.55. The van der Waals surface area contributed by atoms with Gasteiger partial charge in [0.1, 0.15) is 11.6 Å². The van der Waals surface area contributed by atoms with E-state index in [1.165, 1.54) is 24.0 Å². The first-order valence-electron chi connectivity index (χ1n) is 17.5. The summed E-state index contributed by atoms with van der Waals surface area (Å²) >= 11 is 0. The van der Waals surface area contributed by atoms with E-state index in [-0.39, 0.29) is 41.8 Å². The van der Waals surface area contributed by atoms with Crippen LogP contribution < -0.4 is 10.6 Å². The number of fused-ring (bicyclic) bond motifs is 2. The van der Waals surface area contributed by atoms with Crippen molar-refractivity contribution in [1.82, 2.24) is 20.4 Å². The van der Waals surface area contributed by atoms with Crippen LogP contribution in [0.3, 0.4) is 0 Å². The number of nitrogens with zero attached hydrogens (tertiary/aromatic N) is 2. The van der Waals surface area contributed by atoms with E-state index in [1.807, 2.05) is 50.5 Å². The van der Waals surface area contributed by atoms with Crippen LogP contribution in [0.4, 0.5) is 4.79 Å². The summed E-state index contributed by atoms with van der Waals surface area (Å²) in [6.45, 7) is 10.9. The van der Waals surface area contributed by atoms with Gasteiger partial charge in [0.25, 0.3) is 0 Å². The van der Waals surface area contributed by atoms with Crippen LogP contribution in [0.15, 0.2) is 24.3 Å². The molecular weight excluding hydrogens is 568 g/mol. The van der Waals surface area contributed by atoms with Crippen molar-refractivity contribution in [2.45, 2.75) is 141 Å². The average molecular weight is 625 g/mol. The van der Waals surface area contributed by atoms with Gasteiger partial charge in [0.05, 0.1) is 18.1 Å². The molecule has 3 aliphatic carbocycles. The molecule has 1 aromatic rings. The molecule has 9 nitrogen and oxygen atoms in total. The number of amides is 4. The fourth-order valence-corrected chi connectivity index (χ4v) is 7.57. The van der Waals surface area contributed by atoms with Crippen molar-refractivity contribution >= 4 is 24.3 Å². The second kappa shape index (κ2) is 15.9. The molecule has 250 valence electrons. The van der Waals surface area contributed by atoms with Crippen molar-refractivity contribution in [2.75, 3.05) is 13.1 Å². The minimum atomic E-state index is -0.599. The predicted octanol–water partition coefficient (Wildman–Crippen LogP) is 5.91. The van der Waals surface area contributed by atoms with Crippen LogP contribution >= 0.6 is 0 Å². The smallest absolute Gasteiger partial charge is 0.408 e. The molecule has 0 bridgehead atoms. The number of aryl methyl sites for hydroxylation is 1. The second-order valence-corrected chi connectivity index (χ2v) is 14.0. The van der Waals surface area contributed by atoms with Crippen molar-refractivity contribution in [2.24, 2.45) is 11.8 Å². The van der Waals surface area contributed by atoms with E-state index in [4.69, 9.17) is 4.74 Å². The molecule has 0 radical (unpaired) electrons. The summed E-state index contributed by atoms with van der Waals surface area (Å²) in [5.41, 5.74) is 2.08. The zero-order valence-corrected chi connectivity index (χ0v) is 28.2. The van der Waals surface area contributed by atoms with Crippen molar-refractivity contribution in [3.63, 3.8) is 0 Å². The number of carbonyl (C=O) groups is 4. The van der Waals surface area contributed by atoms with Crippen molar-refractivity contribution < 1.29 is 23.9 Å². The van der Waals surface area contributed by atoms with Gasteiger partial charge in [0.15, 0.2) is 0 Å². The van der Waals surface area contributed by atoms with Crippen molar-refractivity contribution in [3.05, 3.63) is 35.4 Å². The fourth-order valence-electron chi connectivity index (χ4n) is 7.57. The Morgan fingerprint density at radius 2 is 1.51 bits per heavy atom. The summed E-state index contributed by atoms with van der Waals surface area (Å²) in [6, 6.07) is 8.28. The molecule has 4 amide bonds. The third-order valence-corrected chi connectivity index (χ3v) is 9.77. The number of nitrogens with one attached hydrogen (secondary N) is 2. The Labute approximate surface area is 270 Å². The van der Waals surface area contributed by atoms with Crippen LogP contribution in [0.1, 0.15) is 122 Å². The Morgan fingerprint density at radius 1 is 0.867 bits per heavy atom. The van der Waals surface area contributed by atoms with Gasteiger partial charge < -0.3 is 25.2 Å². The summed E-state index contributed by atoms with van der Waals surface area (Å²) in [4.78, 5) is 53.2. The van der Waals surface area contributed by atoms with Crippen LogP contribution in [-0.2, 0) is 25.5 Å². The van der Waals surface area contributed by atoms with E-state index in [0.717, 1.165) is 77.2 Å². The summed E-state index contributed by atoms with van der Waals surface area (Å²) in [5.74, 6) is 0.675. The molecule has 2 aliphatic heterocycles. The molecule has 6 rings (SSSR count). The Bertz CT molecular complexity index is 1160. The van der Waals surface area contributed by atoms with E-state index < -0.39 is 17.7 Å². The van der Waals surface area contributed by atoms with Crippen LogP contribution in [0.5, 0.6) is 0 Å². The molecule has 4 unspecified atom stereocenters. The van der Waals surface area contributed by atoms with Crippen LogP contribution in [-0.4, -0.2) is 70.9 Å². The van der Waals surface area contributed by atoms with E-state index in [2.05, 4.69) is 28.8 Å². The van der Waals surface area contributed by atoms with Gasteiger partial charge in [-0.15, -0.1) is 0 Å². The monoisotopic (exact) mass is 624 g/mol. The Kier molecular flexibility index (Phi) is 12.3. The number of alkyl carbamates (subject to hydrolysis) is 1. The zero-order valence-electron chi connectivity index (χ0n) is 28.2. The lowest BCUT2D eigenvalue weighted by atomic mass is 9.83. The minimum Gasteiger partial charge on any atom is -0.444 e. The van der Waals surface area contributed by atoms with Gasteiger partial charge >= 0.3 is 6.09 Å². The lowest BCUT2D eigenvalue weighted by Gasteiger charge is -2.35. The molecule has 1 aromatic carbocycles. The second-order valence-electron chi connectivity index (χ2n) is 14.0. The van der Waals surface area contributed by atoms with E-state index >= 15 is 0 Å². The maximum Gasteiger partial charge on any atom is 0.408 e. The number of carbonyl (C=O) groups excluding carboxylic acids is 4. The molecule has 0 aromatic heterocycles. The van der Waals surface area contributed by atoms with Gasteiger partial charge in [0.2, 0.25) is 18.2 Å². The highest BCUT2D eigenvalue weighted by atomic mass is 16.6. The van der Waals surface area contributed by atoms with Crippen molar-refractivity contribution in [1.29, 1.82) is 0 Å². The number of likely N-dealkylation sites (tertiary alicyclic amines) is 2. The SMILES string of the molecule is CC.CC(C)(C)OC(=O)NC(C(=O)N1CCC2C1CCN2C(=O)C1CC1)C1CCCCC1.O=CNC1CCCc2ccccc21. The maximum absolute atomic E-state index is 13.7. The highest BCUT2D eigenvalue weighted by Crippen LogP contribution is 2.39. The molecule has 2 heterocycles. The maximum atomic E-state index is 13.7. The Morgan fingerprint density at radius 3 is 2.16 bits per heavy atom. The first-order chi connectivity index (χ1) is 21.7. The van der Waals surface area contributed by atoms with Gasteiger partial charge in [-0.3, -0.25) is 14.4 Å². The summed E-state index contributed by atoms with van der Waals surface area (Å²) in [5, 5.41) is 5.79. The molecule has 2 saturated carbocycles. The lowest BCUT2D eigenvalue weighted by molar-refractivity contribution is -0.137. The normalized spacial score (nSPS) is 24.9. The molecule has 9 heteroatoms. The highest BCUT2D eigenvalue weighted by Gasteiger charge is 2.50. The van der Waals surface area contributed by atoms with E-state index in [0.29, 0.717) is 6.54 Å². The molecule has 5 aliphatic rings. The predicted molar refractivity (Wildman–Crippen MR) is 175 cm³/mol. The largest absolute Gasteiger partial charge is 0.444 e. The molecule has 2 N–H and O–H groups in total. The van der Waals surface area contributed by atoms with E-state index in [1.54, 1.807) is 0 Å². The average Bonchev–Trinajstić information content (AvgIpc) is 3.68. The molecule has 4 atom stereocenters. The Hall–Kier alpha value is -3.10. The molecule has 0 spiro atoms. The molecular formula is C36H56N4O5. The molecule has 45 heavy (non-hydrogen) atoms. The quantitative estimate of drug-likeness (QED) is 0.383. The number of benzene rings is 1. The van der Waals surface area contributed by atoms with Gasteiger partial charge in [-0.05, 0) is 95.6 Å². The molecule has 4 fully saturated rings. The van der Waals surface area contributed by atoms with Crippen molar-refractivity contribution in [3.8, 4) is 0 Å². The van der Waals surface area contributed by atoms with Gasteiger partial charge in [0, 0.05) is 19.0 Å². The van der Waals surface area contributed by atoms with Gasteiger partial charge in [-0.2, -0.15) is 0 Å². The summed E-state index contributed by atoms with van der Waals surface area (Å²) in [6.07, 6.45) is 12.7. The Balaban J connectivity index is 0.000000255. The number of ether oxygens (including phenoxy) is 1. The third-order valence-electron chi connectivity index (χ3n) is 9.77. The van der Waals surface area contributed by atoms with Gasteiger partial charge in [-0.25, -0.2) is 4.79 Å². The highest BCUT2D eigenvalue weighted by molar-refractivity contribution is 5.87. The zero-order chi connectivity index (χ0) is 32.6. The van der Waals surface area contributed by atoms with E-state index in [9.17, 15) is 19.2 Å². The number of hydrogen-bond donors (Lipinski definition) is 2. The third kappa shape index (κ3) is 9.01. The fraction of sp³-hybridized carbons (Fsp3) is 0.722. The molecule has 2 saturated heterocycles. The van der Waals surface area contributed by atoms with Crippen LogP contribution in [0, 0.1) is 11.8 Å². The summed E-state index contributed by atoms with van der Waals surface area (Å²) in [7, 11) is 0. The topological polar surface area (TPSA) is 108 Å². The minimum absolute atomic E-state index is 0.0148. The first-order valence-corrected chi connectivity index (χ1v) is 17.5. The van der Waals surface area contributed by atoms with Gasteiger partial charge in [-0.1, -0.05) is 57.4 Å². The van der Waals surface area contributed by atoms with Crippen LogP contribution in [0.2, 0.25) is 0 Å². The summed E-state index contributed by atoms with van der Waals surface area (Å²) < 4.78 is 5.47.